The van der Waals surface area contributed by atoms with Crippen molar-refractivity contribution in [1.82, 2.24) is 0 Å². The summed E-state index contributed by atoms with van der Waals surface area (Å²) in [5.41, 5.74) is 5.08. The monoisotopic (exact) mass is 214 g/mol. The standard InChI is InChI=1S/C11H22N2S/c1-10(2)5-8-14-7-4-6-11(3,13)9-12/h10H,4-8,13H2,1-3H3. The lowest BCUT2D eigenvalue weighted by molar-refractivity contribution is 0.540. The fourth-order valence-corrected chi connectivity index (χ4v) is 2.21. The minimum Gasteiger partial charge on any atom is -0.314 e. The number of nitriles is 1. The number of thioether (sulfide) groups is 1. The van der Waals surface area contributed by atoms with E-state index >= 15 is 0 Å². The van der Waals surface area contributed by atoms with Crippen molar-refractivity contribution < 1.29 is 0 Å². The zero-order valence-electron chi connectivity index (χ0n) is 9.55. The molecule has 82 valence electrons. The van der Waals surface area contributed by atoms with Gasteiger partial charge in [0, 0.05) is 0 Å². The van der Waals surface area contributed by atoms with Gasteiger partial charge in [-0.3, -0.25) is 0 Å². The first-order valence-corrected chi connectivity index (χ1v) is 6.41. The maximum absolute atomic E-state index is 8.69. The second-order valence-corrected chi connectivity index (χ2v) is 5.65. The minimum absolute atomic E-state index is 0.626. The summed E-state index contributed by atoms with van der Waals surface area (Å²) in [7, 11) is 0. The Hall–Kier alpha value is -0.200. The zero-order valence-corrected chi connectivity index (χ0v) is 10.4. The molecule has 1 unspecified atom stereocenters. The molecule has 0 aromatic carbocycles. The van der Waals surface area contributed by atoms with Crippen LogP contribution in [0.2, 0.25) is 0 Å². The molecule has 0 fully saturated rings. The van der Waals surface area contributed by atoms with Gasteiger partial charge in [-0.2, -0.15) is 17.0 Å². The number of rotatable bonds is 7. The summed E-state index contributed by atoms with van der Waals surface area (Å²) >= 11 is 1.97. The van der Waals surface area contributed by atoms with E-state index in [0.717, 1.165) is 24.5 Å². The SMILES string of the molecule is CC(C)CCSCCCC(C)(N)C#N. The van der Waals surface area contributed by atoms with Crippen molar-refractivity contribution in [3.05, 3.63) is 0 Å². The smallest absolute Gasteiger partial charge is 0.101 e. The van der Waals surface area contributed by atoms with Crippen LogP contribution in [0.1, 0.15) is 40.0 Å². The van der Waals surface area contributed by atoms with Crippen molar-refractivity contribution in [2.45, 2.75) is 45.6 Å². The van der Waals surface area contributed by atoms with Gasteiger partial charge in [0.05, 0.1) is 6.07 Å². The molecule has 2 nitrogen and oxygen atoms in total. The molecule has 0 aliphatic carbocycles. The fourth-order valence-electron chi connectivity index (χ4n) is 1.02. The Morgan fingerprint density at radius 2 is 2.07 bits per heavy atom. The average molecular weight is 214 g/mol. The third kappa shape index (κ3) is 8.40. The van der Waals surface area contributed by atoms with Gasteiger partial charge in [-0.05, 0) is 43.6 Å². The van der Waals surface area contributed by atoms with E-state index in [2.05, 4.69) is 19.9 Å². The molecule has 0 heterocycles. The molecule has 0 amide bonds. The van der Waals surface area contributed by atoms with Crippen LogP contribution >= 0.6 is 11.8 Å². The van der Waals surface area contributed by atoms with E-state index in [1.165, 1.54) is 12.2 Å². The van der Waals surface area contributed by atoms with Crippen LogP contribution < -0.4 is 5.73 Å². The topological polar surface area (TPSA) is 49.8 Å². The van der Waals surface area contributed by atoms with Crippen LogP contribution in [0.15, 0.2) is 0 Å². The highest BCUT2D eigenvalue weighted by molar-refractivity contribution is 7.99. The van der Waals surface area contributed by atoms with Crippen LogP contribution in [0, 0.1) is 17.2 Å². The lowest BCUT2D eigenvalue weighted by atomic mass is 10.0. The largest absolute Gasteiger partial charge is 0.314 e. The van der Waals surface area contributed by atoms with Gasteiger partial charge in [0.15, 0.2) is 0 Å². The third-order valence-electron chi connectivity index (χ3n) is 2.08. The molecule has 2 N–H and O–H groups in total. The van der Waals surface area contributed by atoms with Gasteiger partial charge in [-0.25, -0.2) is 0 Å². The predicted molar refractivity (Wildman–Crippen MR) is 64.2 cm³/mol. The van der Waals surface area contributed by atoms with Gasteiger partial charge in [0.25, 0.3) is 0 Å². The van der Waals surface area contributed by atoms with Gasteiger partial charge in [0.2, 0.25) is 0 Å². The van der Waals surface area contributed by atoms with Gasteiger partial charge in [-0.15, -0.1) is 0 Å². The molecular weight excluding hydrogens is 192 g/mol. The highest BCUT2D eigenvalue weighted by Gasteiger charge is 2.15. The van der Waals surface area contributed by atoms with Crippen LogP contribution in [0.5, 0.6) is 0 Å². The first-order valence-electron chi connectivity index (χ1n) is 5.26. The van der Waals surface area contributed by atoms with Crippen molar-refractivity contribution in [2.24, 2.45) is 11.7 Å². The predicted octanol–water partition coefficient (Wildman–Crippen LogP) is 2.79. The second kappa shape index (κ2) is 7.14. The highest BCUT2D eigenvalue weighted by Crippen LogP contribution is 2.14. The van der Waals surface area contributed by atoms with E-state index in [-0.39, 0.29) is 0 Å². The first-order chi connectivity index (χ1) is 6.48. The summed E-state index contributed by atoms with van der Waals surface area (Å²) in [5, 5.41) is 8.69. The molecule has 0 saturated heterocycles. The summed E-state index contributed by atoms with van der Waals surface area (Å²) in [4.78, 5) is 0. The lowest BCUT2D eigenvalue weighted by Crippen LogP contribution is -2.33. The molecule has 0 spiro atoms. The fraction of sp³-hybridized carbons (Fsp3) is 0.909. The molecule has 0 bridgehead atoms. The van der Waals surface area contributed by atoms with Crippen LogP contribution in [-0.2, 0) is 0 Å². The molecule has 0 aromatic heterocycles. The van der Waals surface area contributed by atoms with Gasteiger partial charge in [-0.1, -0.05) is 13.8 Å². The van der Waals surface area contributed by atoms with Crippen molar-refractivity contribution in [2.75, 3.05) is 11.5 Å². The number of nitrogens with two attached hydrogens (primary N) is 1. The maximum atomic E-state index is 8.69. The van der Waals surface area contributed by atoms with Crippen molar-refractivity contribution in [3.63, 3.8) is 0 Å². The molecule has 0 radical (unpaired) electrons. The molecule has 0 aliphatic rings. The van der Waals surface area contributed by atoms with Gasteiger partial charge in [0.1, 0.15) is 5.54 Å². The van der Waals surface area contributed by atoms with Crippen LogP contribution in [-0.4, -0.2) is 17.0 Å². The normalized spacial score (nSPS) is 15.1. The van der Waals surface area contributed by atoms with E-state index in [1.54, 1.807) is 6.92 Å². The van der Waals surface area contributed by atoms with Gasteiger partial charge >= 0.3 is 0 Å². The minimum atomic E-state index is -0.626. The molecule has 0 aromatic rings. The maximum Gasteiger partial charge on any atom is 0.101 e. The number of hydrogen-bond donors (Lipinski definition) is 1. The Bertz CT molecular complexity index is 182. The Morgan fingerprint density at radius 1 is 1.43 bits per heavy atom. The number of nitrogens with zero attached hydrogens (tertiary/aromatic N) is 1. The van der Waals surface area contributed by atoms with Gasteiger partial charge < -0.3 is 5.73 Å². The van der Waals surface area contributed by atoms with E-state index in [4.69, 9.17) is 11.0 Å². The highest BCUT2D eigenvalue weighted by atomic mass is 32.2. The molecule has 1 atom stereocenters. The van der Waals surface area contributed by atoms with Crippen molar-refractivity contribution in [1.29, 1.82) is 5.26 Å². The van der Waals surface area contributed by atoms with Crippen molar-refractivity contribution in [3.8, 4) is 6.07 Å². The summed E-state index contributed by atoms with van der Waals surface area (Å²) < 4.78 is 0. The Morgan fingerprint density at radius 3 is 2.57 bits per heavy atom. The van der Waals surface area contributed by atoms with E-state index in [1.807, 2.05) is 11.8 Å². The van der Waals surface area contributed by atoms with Crippen LogP contribution in [0.3, 0.4) is 0 Å². The molecule has 0 aliphatic heterocycles. The summed E-state index contributed by atoms with van der Waals surface area (Å²) in [6.45, 7) is 6.28. The Balaban J connectivity index is 3.27. The van der Waals surface area contributed by atoms with E-state index < -0.39 is 5.54 Å². The van der Waals surface area contributed by atoms with E-state index in [9.17, 15) is 0 Å². The molecular formula is C11H22N2S. The summed E-state index contributed by atoms with van der Waals surface area (Å²) in [5.74, 6) is 3.15. The molecule has 0 saturated carbocycles. The van der Waals surface area contributed by atoms with Crippen LogP contribution in [0.4, 0.5) is 0 Å². The second-order valence-electron chi connectivity index (χ2n) is 4.43. The zero-order chi connectivity index (χ0) is 11.0. The summed E-state index contributed by atoms with van der Waals surface area (Å²) in [6, 6.07) is 2.12. The quantitative estimate of drug-likeness (QED) is 0.663. The lowest BCUT2D eigenvalue weighted by Gasteiger charge is -2.14. The summed E-state index contributed by atoms with van der Waals surface area (Å²) in [6.07, 6.45) is 3.13. The molecule has 14 heavy (non-hydrogen) atoms. The third-order valence-corrected chi connectivity index (χ3v) is 3.18. The number of hydrogen-bond acceptors (Lipinski definition) is 3. The first kappa shape index (κ1) is 13.8. The Labute approximate surface area is 92.2 Å². The molecule has 0 rings (SSSR count). The average Bonchev–Trinajstić information content (AvgIpc) is 2.10. The Kier molecular flexibility index (Phi) is 7.04. The van der Waals surface area contributed by atoms with E-state index in [0.29, 0.717) is 0 Å². The van der Waals surface area contributed by atoms with Crippen LogP contribution in [0.25, 0.3) is 0 Å². The van der Waals surface area contributed by atoms with Crippen molar-refractivity contribution >= 4 is 11.8 Å². The molecule has 3 heteroatoms.